The van der Waals surface area contributed by atoms with Crippen molar-refractivity contribution in [1.82, 2.24) is 0 Å². The van der Waals surface area contributed by atoms with Crippen LogP contribution in [-0.2, 0) is 23.9 Å². The lowest BCUT2D eigenvalue weighted by Crippen LogP contribution is -2.42. The third-order valence-corrected chi connectivity index (χ3v) is 5.01. The van der Waals surface area contributed by atoms with Crippen molar-refractivity contribution in [2.24, 2.45) is 0 Å². The summed E-state index contributed by atoms with van der Waals surface area (Å²) in [5.74, 6) is -3.12. The van der Waals surface area contributed by atoms with Gasteiger partial charge in [0, 0.05) is 30.2 Å². The van der Waals surface area contributed by atoms with Crippen molar-refractivity contribution in [3.8, 4) is 0 Å². The number of esters is 2. The summed E-state index contributed by atoms with van der Waals surface area (Å²) in [5, 5.41) is 11.2. The molecule has 0 aliphatic carbocycles. The van der Waals surface area contributed by atoms with E-state index in [1.807, 2.05) is 6.92 Å². The molecule has 9 nitrogen and oxygen atoms in total. The molecule has 0 bridgehead atoms. The van der Waals surface area contributed by atoms with E-state index in [1.165, 1.54) is 18.2 Å². The molecule has 0 aromatic heterocycles. The van der Waals surface area contributed by atoms with Crippen molar-refractivity contribution >= 4 is 29.2 Å². The maximum absolute atomic E-state index is 13.2. The molecular formula is C22H20N2O7. The van der Waals surface area contributed by atoms with Gasteiger partial charge < -0.3 is 9.47 Å². The number of carbonyl (C=O) groups is 3. The molecule has 0 N–H and O–H groups in total. The van der Waals surface area contributed by atoms with Crippen molar-refractivity contribution in [2.45, 2.75) is 19.3 Å². The van der Waals surface area contributed by atoms with E-state index < -0.39 is 28.7 Å². The van der Waals surface area contributed by atoms with E-state index in [2.05, 4.69) is 0 Å². The smallest absolute Gasteiger partial charge is 0.355 e. The highest BCUT2D eigenvalue weighted by molar-refractivity contribution is 6.14. The van der Waals surface area contributed by atoms with E-state index in [4.69, 9.17) is 9.47 Å². The summed E-state index contributed by atoms with van der Waals surface area (Å²) >= 11 is 0. The van der Waals surface area contributed by atoms with Crippen LogP contribution in [0.25, 0.3) is 0 Å². The second-order valence-electron chi connectivity index (χ2n) is 6.92. The summed E-state index contributed by atoms with van der Waals surface area (Å²) < 4.78 is 9.78. The number of nitro benzene ring substituents is 1. The van der Waals surface area contributed by atoms with Gasteiger partial charge in [0.05, 0.1) is 24.7 Å². The highest BCUT2D eigenvalue weighted by atomic mass is 16.6. The summed E-state index contributed by atoms with van der Waals surface area (Å²) in [7, 11) is 2.29. The van der Waals surface area contributed by atoms with Crippen molar-refractivity contribution in [2.75, 3.05) is 19.1 Å². The summed E-state index contributed by atoms with van der Waals surface area (Å²) in [6.07, 6.45) is -0.194. The molecule has 9 heteroatoms. The molecule has 0 saturated heterocycles. The van der Waals surface area contributed by atoms with E-state index in [0.29, 0.717) is 11.3 Å². The molecule has 2 aromatic carbocycles. The second kappa shape index (κ2) is 8.78. The number of anilines is 1. The fraction of sp³-hybridized carbons (Fsp3) is 0.227. The third kappa shape index (κ3) is 4.16. The minimum Gasteiger partial charge on any atom is -0.466 e. The first-order valence-corrected chi connectivity index (χ1v) is 9.33. The van der Waals surface area contributed by atoms with Crippen LogP contribution in [0.5, 0.6) is 0 Å². The van der Waals surface area contributed by atoms with Gasteiger partial charge in [0.25, 0.3) is 5.69 Å². The van der Waals surface area contributed by atoms with Crippen LogP contribution in [0.3, 0.4) is 0 Å². The van der Waals surface area contributed by atoms with Crippen LogP contribution >= 0.6 is 0 Å². The first kappa shape index (κ1) is 21.7. The zero-order chi connectivity index (χ0) is 22.7. The number of nitro groups is 1. The Hall–Kier alpha value is -4.01. The van der Waals surface area contributed by atoms with Gasteiger partial charge in [-0.05, 0) is 24.6 Å². The molecule has 0 spiro atoms. The van der Waals surface area contributed by atoms with E-state index in [9.17, 15) is 24.5 Å². The Morgan fingerprint density at radius 2 is 1.71 bits per heavy atom. The first-order valence-electron chi connectivity index (χ1n) is 9.33. The van der Waals surface area contributed by atoms with Gasteiger partial charge in [0.2, 0.25) is 5.91 Å². The topological polar surface area (TPSA) is 116 Å². The monoisotopic (exact) mass is 424 g/mol. The Morgan fingerprint density at radius 3 is 2.29 bits per heavy atom. The lowest BCUT2D eigenvalue weighted by molar-refractivity contribution is -0.384. The van der Waals surface area contributed by atoms with E-state index in [0.717, 1.165) is 24.7 Å². The largest absolute Gasteiger partial charge is 0.466 e. The molecule has 1 unspecified atom stereocenters. The van der Waals surface area contributed by atoms with Crippen LogP contribution in [0.4, 0.5) is 11.4 Å². The Morgan fingerprint density at radius 1 is 1.06 bits per heavy atom. The molecule has 0 fully saturated rings. The molecule has 1 aliphatic rings. The minimum atomic E-state index is -0.921. The van der Waals surface area contributed by atoms with E-state index in [-0.39, 0.29) is 23.4 Å². The van der Waals surface area contributed by atoms with Gasteiger partial charge in [0.15, 0.2) is 0 Å². The maximum Gasteiger partial charge on any atom is 0.355 e. The van der Waals surface area contributed by atoms with Crippen LogP contribution in [0.2, 0.25) is 0 Å². The van der Waals surface area contributed by atoms with Crippen LogP contribution < -0.4 is 4.90 Å². The van der Waals surface area contributed by atoms with Gasteiger partial charge in [-0.25, -0.2) is 9.59 Å². The summed E-state index contributed by atoms with van der Waals surface area (Å²) in [4.78, 5) is 50.5. The zero-order valence-electron chi connectivity index (χ0n) is 17.2. The fourth-order valence-corrected chi connectivity index (χ4v) is 3.53. The van der Waals surface area contributed by atoms with Crippen LogP contribution in [-0.4, -0.2) is 37.0 Å². The van der Waals surface area contributed by atoms with Gasteiger partial charge in [-0.15, -0.1) is 0 Å². The molecule has 0 radical (unpaired) electrons. The Labute approximate surface area is 178 Å². The van der Waals surface area contributed by atoms with Crippen LogP contribution in [0.1, 0.15) is 23.5 Å². The quantitative estimate of drug-likeness (QED) is 0.411. The predicted molar refractivity (Wildman–Crippen MR) is 110 cm³/mol. The molecule has 1 heterocycles. The number of carbonyl (C=O) groups excluding carboxylic acids is 3. The molecule has 3 rings (SSSR count). The predicted octanol–water partition coefficient (Wildman–Crippen LogP) is 3.02. The third-order valence-electron chi connectivity index (χ3n) is 5.01. The molecule has 2 aromatic rings. The molecule has 1 atom stereocenters. The number of ether oxygens (including phenoxy) is 2. The number of hydrogen-bond acceptors (Lipinski definition) is 7. The van der Waals surface area contributed by atoms with Gasteiger partial charge in [0.1, 0.15) is 5.70 Å². The van der Waals surface area contributed by atoms with Gasteiger partial charge >= 0.3 is 11.9 Å². The van der Waals surface area contributed by atoms with Crippen LogP contribution in [0.15, 0.2) is 59.8 Å². The average Bonchev–Trinajstić information content (AvgIpc) is 2.78. The fourth-order valence-electron chi connectivity index (χ4n) is 3.53. The maximum atomic E-state index is 13.2. The van der Waals surface area contributed by atoms with Gasteiger partial charge in [-0.3, -0.25) is 19.8 Å². The van der Waals surface area contributed by atoms with Crippen molar-refractivity contribution in [3.05, 3.63) is 81.0 Å². The molecule has 1 aliphatic heterocycles. The zero-order valence-corrected chi connectivity index (χ0v) is 17.2. The summed E-state index contributed by atoms with van der Waals surface area (Å²) in [6, 6.07) is 12.4. The number of aryl methyl sites for hydroxylation is 1. The normalized spacial score (nSPS) is 16.2. The number of rotatable bonds is 5. The number of hydrogen-bond donors (Lipinski definition) is 0. The van der Waals surface area contributed by atoms with Crippen LogP contribution in [0, 0.1) is 17.0 Å². The number of nitrogens with zero attached hydrogens (tertiary/aromatic N) is 2. The van der Waals surface area contributed by atoms with Crippen molar-refractivity contribution < 1.29 is 28.8 Å². The Kier molecular flexibility index (Phi) is 6.15. The average molecular weight is 424 g/mol. The van der Waals surface area contributed by atoms with E-state index in [1.54, 1.807) is 30.3 Å². The highest BCUT2D eigenvalue weighted by Crippen LogP contribution is 2.40. The SMILES string of the molecule is COC(=O)C1=C(C(=O)OC)N(c2ccc(C)cc2)C(=O)CC1c1cccc([N+](=O)[O-])c1. The lowest BCUT2D eigenvalue weighted by atomic mass is 9.83. The summed E-state index contributed by atoms with van der Waals surface area (Å²) in [6.45, 7) is 1.87. The van der Waals surface area contributed by atoms with E-state index >= 15 is 0 Å². The lowest BCUT2D eigenvalue weighted by Gasteiger charge is -2.34. The first-order chi connectivity index (χ1) is 14.8. The Balaban J connectivity index is 2.28. The highest BCUT2D eigenvalue weighted by Gasteiger charge is 2.42. The molecule has 1 amide bonds. The molecule has 160 valence electrons. The van der Waals surface area contributed by atoms with Crippen molar-refractivity contribution in [1.29, 1.82) is 0 Å². The number of methoxy groups -OCH3 is 2. The number of amides is 1. The number of benzene rings is 2. The second-order valence-corrected chi connectivity index (χ2v) is 6.92. The molecule has 31 heavy (non-hydrogen) atoms. The summed E-state index contributed by atoms with van der Waals surface area (Å²) in [5.41, 5.74) is 1.10. The molecule has 0 saturated carbocycles. The Bertz CT molecular complexity index is 1090. The standard InChI is InChI=1S/C22H20N2O7/c1-13-7-9-15(10-8-13)23-18(25)12-17(14-5-4-6-16(11-14)24(28)29)19(21(26)30-2)20(23)22(27)31-3/h4-11,17H,12H2,1-3H3. The minimum absolute atomic E-state index is 0.102. The van der Waals surface area contributed by atoms with Crippen molar-refractivity contribution in [3.63, 3.8) is 0 Å². The van der Waals surface area contributed by atoms with Gasteiger partial charge in [-0.1, -0.05) is 29.8 Å². The van der Waals surface area contributed by atoms with Gasteiger partial charge in [-0.2, -0.15) is 0 Å². The molecular weight excluding hydrogens is 404 g/mol. The number of non-ortho nitro benzene ring substituents is 1.